The molecule has 4 rings (SSSR count). The summed E-state index contributed by atoms with van der Waals surface area (Å²) < 4.78 is 16.1. The maximum absolute atomic E-state index is 14.6. The van der Waals surface area contributed by atoms with Gasteiger partial charge in [0.05, 0.1) is 23.8 Å². The molecule has 5 heteroatoms. The molecule has 0 radical (unpaired) electrons. The Balaban J connectivity index is 1.75. The predicted octanol–water partition coefficient (Wildman–Crippen LogP) is 3.65. The molecule has 0 aliphatic carbocycles. The molecular formula is C20H14FN3O. The van der Waals surface area contributed by atoms with Crippen LogP contribution in [0.4, 0.5) is 4.39 Å². The van der Waals surface area contributed by atoms with E-state index in [4.69, 9.17) is 0 Å². The largest absolute Gasteiger partial charge is 0.301 e. The molecule has 0 fully saturated rings. The normalized spacial score (nSPS) is 10.9. The van der Waals surface area contributed by atoms with Gasteiger partial charge >= 0.3 is 0 Å². The molecule has 2 aromatic heterocycles. The van der Waals surface area contributed by atoms with E-state index in [0.29, 0.717) is 16.6 Å². The summed E-state index contributed by atoms with van der Waals surface area (Å²) in [5, 5.41) is 0. The van der Waals surface area contributed by atoms with Gasteiger partial charge in [0.15, 0.2) is 0 Å². The Hall–Kier alpha value is -3.34. The second kappa shape index (κ2) is 6.28. The SMILES string of the molecule is O=c1cnc2ccccc2n1Cc1ccc(-c2cccnc2)cc1F. The Bertz CT molecular complexity index is 1110. The highest BCUT2D eigenvalue weighted by Gasteiger charge is 2.09. The molecule has 0 amide bonds. The quantitative estimate of drug-likeness (QED) is 0.576. The van der Waals surface area contributed by atoms with Crippen molar-refractivity contribution in [3.05, 3.63) is 94.9 Å². The molecule has 0 unspecified atom stereocenters. The second-order valence-corrected chi connectivity index (χ2v) is 5.72. The van der Waals surface area contributed by atoms with Crippen molar-refractivity contribution in [2.45, 2.75) is 6.54 Å². The Morgan fingerprint density at radius 1 is 0.960 bits per heavy atom. The lowest BCUT2D eigenvalue weighted by Gasteiger charge is -2.11. The van der Waals surface area contributed by atoms with E-state index in [9.17, 15) is 9.18 Å². The summed E-state index contributed by atoms with van der Waals surface area (Å²) in [5.74, 6) is -0.353. The molecule has 4 aromatic rings. The van der Waals surface area contributed by atoms with Gasteiger partial charge in [-0.15, -0.1) is 0 Å². The Morgan fingerprint density at radius 3 is 2.64 bits per heavy atom. The number of hydrogen-bond donors (Lipinski definition) is 0. The van der Waals surface area contributed by atoms with Crippen molar-refractivity contribution in [2.75, 3.05) is 0 Å². The molecule has 0 spiro atoms. The van der Waals surface area contributed by atoms with Crippen LogP contribution in [0.1, 0.15) is 5.56 Å². The van der Waals surface area contributed by atoms with Gasteiger partial charge in [0.2, 0.25) is 0 Å². The van der Waals surface area contributed by atoms with Crippen molar-refractivity contribution in [3.8, 4) is 11.1 Å². The summed E-state index contributed by atoms with van der Waals surface area (Å²) in [5.41, 5.74) is 3.18. The van der Waals surface area contributed by atoms with Crippen LogP contribution in [0.3, 0.4) is 0 Å². The molecule has 2 aromatic carbocycles. The number of aromatic nitrogens is 3. The third kappa shape index (κ3) is 2.92. The monoisotopic (exact) mass is 331 g/mol. The number of pyridine rings is 1. The fourth-order valence-corrected chi connectivity index (χ4v) is 2.84. The minimum absolute atomic E-state index is 0.154. The Morgan fingerprint density at radius 2 is 1.84 bits per heavy atom. The molecule has 0 atom stereocenters. The zero-order valence-corrected chi connectivity index (χ0v) is 13.3. The molecule has 0 bridgehead atoms. The maximum Gasteiger partial charge on any atom is 0.269 e. The fourth-order valence-electron chi connectivity index (χ4n) is 2.84. The van der Waals surface area contributed by atoms with E-state index in [1.54, 1.807) is 18.5 Å². The van der Waals surface area contributed by atoms with Gasteiger partial charge in [-0.3, -0.25) is 9.78 Å². The topological polar surface area (TPSA) is 47.8 Å². The Kier molecular flexibility index (Phi) is 3.82. The van der Waals surface area contributed by atoms with Crippen molar-refractivity contribution in [1.82, 2.24) is 14.5 Å². The molecular weight excluding hydrogens is 317 g/mol. The molecule has 0 aliphatic rings. The third-order valence-electron chi connectivity index (χ3n) is 4.13. The highest BCUT2D eigenvalue weighted by molar-refractivity contribution is 5.74. The van der Waals surface area contributed by atoms with Gasteiger partial charge in [-0.1, -0.05) is 30.3 Å². The average molecular weight is 331 g/mol. The first-order valence-electron chi connectivity index (χ1n) is 7.86. The van der Waals surface area contributed by atoms with Crippen LogP contribution in [-0.2, 0) is 6.54 Å². The van der Waals surface area contributed by atoms with Gasteiger partial charge in [0.1, 0.15) is 5.82 Å². The van der Waals surface area contributed by atoms with E-state index in [2.05, 4.69) is 9.97 Å². The van der Waals surface area contributed by atoms with Crippen molar-refractivity contribution in [1.29, 1.82) is 0 Å². The van der Waals surface area contributed by atoms with E-state index >= 15 is 0 Å². The van der Waals surface area contributed by atoms with Gasteiger partial charge < -0.3 is 4.57 Å². The highest BCUT2D eigenvalue weighted by atomic mass is 19.1. The van der Waals surface area contributed by atoms with Crippen LogP contribution in [0.2, 0.25) is 0 Å². The number of halogens is 1. The molecule has 2 heterocycles. The number of fused-ring (bicyclic) bond motifs is 1. The van der Waals surface area contributed by atoms with Crippen LogP contribution >= 0.6 is 0 Å². The van der Waals surface area contributed by atoms with Crippen molar-refractivity contribution in [3.63, 3.8) is 0 Å². The zero-order valence-electron chi connectivity index (χ0n) is 13.3. The van der Waals surface area contributed by atoms with Crippen LogP contribution in [0.15, 0.2) is 78.0 Å². The first-order chi connectivity index (χ1) is 12.2. The first-order valence-corrected chi connectivity index (χ1v) is 7.86. The van der Waals surface area contributed by atoms with Crippen LogP contribution in [-0.4, -0.2) is 14.5 Å². The fraction of sp³-hybridized carbons (Fsp3) is 0.0500. The summed E-state index contributed by atoms with van der Waals surface area (Å²) >= 11 is 0. The molecule has 0 aliphatic heterocycles. The summed E-state index contributed by atoms with van der Waals surface area (Å²) in [6.45, 7) is 0.154. The lowest BCUT2D eigenvalue weighted by Crippen LogP contribution is -2.21. The van der Waals surface area contributed by atoms with Gasteiger partial charge in [0.25, 0.3) is 5.56 Å². The smallest absolute Gasteiger partial charge is 0.269 e. The van der Waals surface area contributed by atoms with Crippen LogP contribution in [0.5, 0.6) is 0 Å². The number of para-hydroxylation sites is 2. The van der Waals surface area contributed by atoms with Crippen molar-refractivity contribution >= 4 is 11.0 Å². The summed E-state index contributed by atoms with van der Waals surface area (Å²) in [6, 6.07) is 16.0. The van der Waals surface area contributed by atoms with Crippen LogP contribution in [0, 0.1) is 5.82 Å². The van der Waals surface area contributed by atoms with E-state index in [1.807, 2.05) is 42.5 Å². The lowest BCUT2D eigenvalue weighted by atomic mass is 10.0. The van der Waals surface area contributed by atoms with Crippen molar-refractivity contribution in [2.24, 2.45) is 0 Å². The lowest BCUT2D eigenvalue weighted by molar-refractivity contribution is 0.599. The minimum Gasteiger partial charge on any atom is -0.301 e. The average Bonchev–Trinajstić information content (AvgIpc) is 2.66. The highest BCUT2D eigenvalue weighted by Crippen LogP contribution is 2.22. The van der Waals surface area contributed by atoms with Gasteiger partial charge in [-0.05, 0) is 29.8 Å². The Labute approximate surface area is 143 Å². The summed E-state index contributed by atoms with van der Waals surface area (Å²) in [7, 11) is 0. The third-order valence-corrected chi connectivity index (χ3v) is 4.13. The minimum atomic E-state index is -0.353. The molecule has 0 N–H and O–H groups in total. The van der Waals surface area contributed by atoms with Crippen molar-refractivity contribution < 1.29 is 4.39 Å². The standard InChI is InChI=1S/C20H14FN3O/c21-17-10-14(15-4-3-9-22-11-15)7-8-16(17)13-24-19-6-2-1-5-18(19)23-12-20(24)25/h1-12H,13H2. The zero-order chi connectivity index (χ0) is 17.2. The van der Waals surface area contributed by atoms with Gasteiger partial charge in [0, 0.05) is 23.5 Å². The molecule has 4 nitrogen and oxygen atoms in total. The molecule has 0 saturated heterocycles. The first kappa shape index (κ1) is 15.2. The summed E-state index contributed by atoms with van der Waals surface area (Å²) in [6.07, 6.45) is 4.63. The molecule has 25 heavy (non-hydrogen) atoms. The molecule has 122 valence electrons. The summed E-state index contributed by atoms with van der Waals surface area (Å²) in [4.78, 5) is 20.4. The number of rotatable bonds is 3. The number of hydrogen-bond acceptors (Lipinski definition) is 3. The number of benzene rings is 2. The van der Waals surface area contributed by atoms with E-state index in [-0.39, 0.29) is 17.9 Å². The van der Waals surface area contributed by atoms with Crippen LogP contribution in [0.25, 0.3) is 22.2 Å². The number of nitrogens with zero attached hydrogens (tertiary/aromatic N) is 3. The maximum atomic E-state index is 14.6. The van der Waals surface area contributed by atoms with E-state index in [0.717, 1.165) is 11.1 Å². The molecule has 0 saturated carbocycles. The van der Waals surface area contributed by atoms with E-state index < -0.39 is 0 Å². The van der Waals surface area contributed by atoms with E-state index in [1.165, 1.54) is 16.8 Å². The predicted molar refractivity (Wildman–Crippen MR) is 94.7 cm³/mol. The van der Waals surface area contributed by atoms with Crippen LogP contribution < -0.4 is 5.56 Å². The second-order valence-electron chi connectivity index (χ2n) is 5.72. The van der Waals surface area contributed by atoms with Gasteiger partial charge in [-0.2, -0.15) is 0 Å². The van der Waals surface area contributed by atoms with Gasteiger partial charge in [-0.25, -0.2) is 9.37 Å².